The van der Waals surface area contributed by atoms with Crippen LogP contribution in [0.5, 0.6) is 0 Å². The number of rotatable bonds is 5. The molecule has 3 aliphatic carbocycles. The van der Waals surface area contributed by atoms with Crippen molar-refractivity contribution < 1.29 is 19.1 Å². The van der Waals surface area contributed by atoms with Gasteiger partial charge in [0.25, 0.3) is 0 Å². The number of carbonyl (C=O) groups is 2. The Morgan fingerprint density at radius 3 is 2.24 bits per heavy atom. The molecule has 0 heterocycles. The largest absolute Gasteiger partial charge is 0.459 e. The van der Waals surface area contributed by atoms with Gasteiger partial charge in [0.1, 0.15) is 12.2 Å². The molecular formula is C27H30ClNO4. The van der Waals surface area contributed by atoms with Crippen LogP contribution in [0.2, 0.25) is 5.02 Å². The van der Waals surface area contributed by atoms with E-state index in [0.29, 0.717) is 30.7 Å². The molecule has 1 amide bonds. The number of carbonyl (C=O) groups excluding carboxylic acids is 2. The van der Waals surface area contributed by atoms with Crippen molar-refractivity contribution >= 4 is 29.2 Å². The fourth-order valence-electron chi connectivity index (χ4n) is 4.76. The third kappa shape index (κ3) is 4.93. The molecule has 1 N–H and O–H groups in total. The maximum atomic E-state index is 13.2. The van der Waals surface area contributed by atoms with Gasteiger partial charge in [-0.15, -0.1) is 0 Å². The van der Waals surface area contributed by atoms with Crippen LogP contribution in [-0.2, 0) is 20.9 Å². The lowest BCUT2D eigenvalue weighted by Crippen LogP contribution is -2.58. The molecule has 0 radical (unpaired) electrons. The maximum Gasteiger partial charge on any atom is 0.408 e. The van der Waals surface area contributed by atoms with E-state index in [0.717, 1.165) is 16.7 Å². The van der Waals surface area contributed by atoms with Crippen LogP contribution in [0, 0.1) is 5.41 Å². The van der Waals surface area contributed by atoms with Gasteiger partial charge in [-0.3, -0.25) is 4.79 Å². The number of fused-ring (bicyclic) bond motifs is 2. The summed E-state index contributed by atoms with van der Waals surface area (Å²) in [5.41, 5.74) is 0.642. The molecule has 33 heavy (non-hydrogen) atoms. The Bertz CT molecular complexity index is 1060. The molecule has 2 aromatic carbocycles. The smallest absolute Gasteiger partial charge is 0.408 e. The molecule has 2 aromatic rings. The number of hydrogen-bond donors (Lipinski definition) is 1. The monoisotopic (exact) mass is 467 g/mol. The first-order chi connectivity index (χ1) is 15.6. The van der Waals surface area contributed by atoms with E-state index in [4.69, 9.17) is 21.1 Å². The third-order valence-electron chi connectivity index (χ3n) is 6.46. The Morgan fingerprint density at radius 2 is 1.61 bits per heavy atom. The summed E-state index contributed by atoms with van der Waals surface area (Å²) in [5.74, 6) is -0.223. The number of hydrogen-bond acceptors (Lipinski definition) is 4. The van der Waals surface area contributed by atoms with Crippen molar-refractivity contribution in [1.82, 2.24) is 5.32 Å². The molecule has 0 aliphatic heterocycles. The van der Waals surface area contributed by atoms with E-state index < -0.39 is 22.6 Å². The highest BCUT2D eigenvalue weighted by molar-refractivity contribution is 6.32. The van der Waals surface area contributed by atoms with Gasteiger partial charge in [0, 0.05) is 5.02 Å². The van der Waals surface area contributed by atoms with Gasteiger partial charge in [0.05, 0.1) is 11.0 Å². The minimum absolute atomic E-state index is 0.190. The van der Waals surface area contributed by atoms with E-state index >= 15 is 0 Å². The molecular weight excluding hydrogens is 438 g/mol. The fourth-order valence-corrected chi connectivity index (χ4v) is 4.99. The molecule has 0 unspecified atom stereocenters. The average Bonchev–Trinajstić information content (AvgIpc) is 2.78. The fraction of sp³-hybridized carbons (Fsp3) is 0.407. The van der Waals surface area contributed by atoms with Crippen LogP contribution in [0.4, 0.5) is 4.79 Å². The first kappa shape index (κ1) is 23.4. The summed E-state index contributed by atoms with van der Waals surface area (Å²) in [4.78, 5) is 26.1. The Morgan fingerprint density at radius 1 is 0.970 bits per heavy atom. The Labute approximate surface area is 200 Å². The van der Waals surface area contributed by atoms with Crippen LogP contribution in [0.15, 0.2) is 60.7 Å². The zero-order valence-electron chi connectivity index (χ0n) is 19.3. The van der Waals surface area contributed by atoms with Gasteiger partial charge >= 0.3 is 12.1 Å². The molecule has 0 aromatic heterocycles. The predicted octanol–water partition coefficient (Wildman–Crippen LogP) is 6.30. The van der Waals surface area contributed by atoms with E-state index in [2.05, 4.69) is 5.32 Å². The van der Waals surface area contributed by atoms with Crippen LogP contribution < -0.4 is 5.32 Å². The topological polar surface area (TPSA) is 64.6 Å². The van der Waals surface area contributed by atoms with Gasteiger partial charge in [0.15, 0.2) is 0 Å². The molecule has 6 heteroatoms. The van der Waals surface area contributed by atoms with Gasteiger partial charge in [-0.2, -0.15) is 0 Å². The third-order valence-corrected chi connectivity index (χ3v) is 6.79. The van der Waals surface area contributed by atoms with Crippen LogP contribution in [-0.4, -0.2) is 23.2 Å². The quantitative estimate of drug-likeness (QED) is 0.524. The summed E-state index contributed by atoms with van der Waals surface area (Å²) in [6, 6.07) is 17.1. The number of ether oxygens (including phenoxy) is 2. The van der Waals surface area contributed by atoms with Crippen molar-refractivity contribution in [2.24, 2.45) is 5.41 Å². The lowest BCUT2D eigenvalue weighted by Gasteiger charge is -2.51. The second-order valence-electron chi connectivity index (χ2n) is 9.96. The lowest BCUT2D eigenvalue weighted by atomic mass is 9.57. The zero-order chi connectivity index (χ0) is 23.7. The Balaban J connectivity index is 1.63. The predicted molar refractivity (Wildman–Crippen MR) is 129 cm³/mol. The second kappa shape index (κ2) is 8.86. The minimum atomic E-state index is -0.723. The number of benzene rings is 2. The van der Waals surface area contributed by atoms with Gasteiger partial charge in [-0.05, 0) is 69.2 Å². The molecule has 1 saturated carbocycles. The molecule has 1 fully saturated rings. The van der Waals surface area contributed by atoms with E-state index in [-0.39, 0.29) is 12.6 Å². The summed E-state index contributed by atoms with van der Waals surface area (Å²) >= 11 is 6.56. The van der Waals surface area contributed by atoms with Gasteiger partial charge in [0.2, 0.25) is 0 Å². The molecule has 3 aliphatic rings. The summed E-state index contributed by atoms with van der Waals surface area (Å²) < 4.78 is 11.3. The maximum absolute atomic E-state index is 13.2. The zero-order valence-corrected chi connectivity index (χ0v) is 20.1. The Kier molecular flexibility index (Phi) is 6.28. The van der Waals surface area contributed by atoms with Gasteiger partial charge in [-0.25, -0.2) is 4.79 Å². The van der Waals surface area contributed by atoms with Crippen molar-refractivity contribution in [1.29, 1.82) is 0 Å². The SMILES string of the molecule is CC(C)(C)OC(=O)C12C=C(c3ccccc3Cl)C(NC(=O)OCc3ccccc3)(CC1)CC2. The minimum Gasteiger partial charge on any atom is -0.459 e. The summed E-state index contributed by atoms with van der Waals surface area (Å²) in [6.45, 7) is 5.82. The van der Waals surface area contributed by atoms with E-state index in [1.54, 1.807) is 0 Å². The lowest BCUT2D eigenvalue weighted by molar-refractivity contribution is -0.167. The van der Waals surface area contributed by atoms with Crippen molar-refractivity contribution in [3.8, 4) is 0 Å². The summed E-state index contributed by atoms with van der Waals surface area (Å²) in [6.07, 6.45) is 3.88. The van der Waals surface area contributed by atoms with Crippen LogP contribution in [0.25, 0.3) is 5.57 Å². The van der Waals surface area contributed by atoms with Gasteiger partial charge < -0.3 is 14.8 Å². The molecule has 0 spiro atoms. The molecule has 0 saturated heterocycles. The first-order valence-corrected chi connectivity index (χ1v) is 11.7. The van der Waals surface area contributed by atoms with Crippen molar-refractivity contribution in [3.63, 3.8) is 0 Å². The van der Waals surface area contributed by atoms with Crippen molar-refractivity contribution in [2.45, 2.75) is 64.2 Å². The average molecular weight is 468 g/mol. The molecule has 0 atom stereocenters. The summed E-state index contributed by atoms with van der Waals surface area (Å²) in [5, 5.41) is 3.71. The molecule has 2 bridgehead atoms. The highest BCUT2D eigenvalue weighted by Gasteiger charge is 2.55. The number of nitrogens with one attached hydrogen (secondary N) is 1. The van der Waals surface area contributed by atoms with Crippen LogP contribution in [0.1, 0.15) is 57.6 Å². The highest BCUT2D eigenvalue weighted by Crippen LogP contribution is 2.55. The number of alkyl carbamates (subject to hydrolysis) is 1. The number of amides is 1. The van der Waals surface area contributed by atoms with Crippen molar-refractivity contribution in [3.05, 3.63) is 76.8 Å². The second-order valence-corrected chi connectivity index (χ2v) is 10.4. The van der Waals surface area contributed by atoms with Crippen LogP contribution in [0.3, 0.4) is 0 Å². The molecule has 5 nitrogen and oxygen atoms in total. The molecule has 5 rings (SSSR count). The normalized spacial score (nSPS) is 24.1. The first-order valence-electron chi connectivity index (χ1n) is 11.3. The summed E-state index contributed by atoms with van der Waals surface area (Å²) in [7, 11) is 0. The Hall–Kier alpha value is -2.79. The van der Waals surface area contributed by atoms with Crippen LogP contribution >= 0.6 is 11.6 Å². The highest BCUT2D eigenvalue weighted by atomic mass is 35.5. The molecule has 174 valence electrons. The standard InChI is InChI=1S/C27H30ClNO4/c1-25(2,3)33-23(30)26-13-15-27(16-14-26,21(17-26)20-11-7-8-12-22(20)28)29-24(31)32-18-19-9-5-4-6-10-19/h4-12,17H,13-16,18H2,1-3H3,(H,29,31). The van der Waals surface area contributed by atoms with Gasteiger partial charge in [-0.1, -0.05) is 66.2 Å². The van der Waals surface area contributed by atoms with E-state index in [1.807, 2.05) is 81.4 Å². The van der Waals surface area contributed by atoms with Crippen molar-refractivity contribution in [2.75, 3.05) is 0 Å². The van der Waals surface area contributed by atoms with E-state index in [9.17, 15) is 9.59 Å². The van der Waals surface area contributed by atoms with E-state index in [1.165, 1.54) is 0 Å². The number of esters is 1. The number of halogens is 1.